The number of ether oxygens (including phenoxy) is 1. The number of fused-ring (bicyclic) bond motifs is 5. The lowest BCUT2D eigenvalue weighted by Crippen LogP contribution is -2.56. The SMILES string of the molecule is CCC1(CC)C2=CC[C@H]3[C@@H]4CC[C@H]([C@@H](C)CCCC(C)C)[C@@]4(C)CC[C@@H]3[C@@]2(C)CC[C@H]1OC(C)=O. The van der Waals surface area contributed by atoms with Gasteiger partial charge in [0.15, 0.2) is 0 Å². The highest BCUT2D eigenvalue weighted by Crippen LogP contribution is 2.70. The summed E-state index contributed by atoms with van der Waals surface area (Å²) in [7, 11) is 0. The zero-order valence-corrected chi connectivity index (χ0v) is 24.4. The van der Waals surface area contributed by atoms with Crippen LogP contribution in [0.3, 0.4) is 0 Å². The fourth-order valence-corrected chi connectivity index (χ4v) is 10.5. The normalized spacial score (nSPS) is 40.9. The summed E-state index contributed by atoms with van der Waals surface area (Å²) in [6.45, 7) is 18.9. The van der Waals surface area contributed by atoms with E-state index < -0.39 is 0 Å². The van der Waals surface area contributed by atoms with Crippen LogP contribution in [0.4, 0.5) is 0 Å². The van der Waals surface area contributed by atoms with Gasteiger partial charge >= 0.3 is 5.97 Å². The van der Waals surface area contributed by atoms with E-state index >= 15 is 0 Å². The molecule has 0 aromatic heterocycles. The van der Waals surface area contributed by atoms with Gasteiger partial charge in [-0.15, -0.1) is 0 Å². The van der Waals surface area contributed by atoms with Crippen LogP contribution in [0.2, 0.25) is 0 Å². The summed E-state index contributed by atoms with van der Waals surface area (Å²) in [5.74, 6) is 5.09. The summed E-state index contributed by atoms with van der Waals surface area (Å²) in [6.07, 6.45) is 18.4. The molecule has 0 bridgehead atoms. The Kier molecular flexibility index (Phi) is 7.92. The van der Waals surface area contributed by atoms with Gasteiger partial charge in [-0.2, -0.15) is 0 Å². The second-order valence-electron chi connectivity index (χ2n) is 14.2. The van der Waals surface area contributed by atoms with Crippen molar-refractivity contribution in [2.75, 3.05) is 0 Å². The van der Waals surface area contributed by atoms with Crippen LogP contribution in [0.25, 0.3) is 0 Å². The van der Waals surface area contributed by atoms with Gasteiger partial charge in [-0.05, 0) is 104 Å². The molecule has 3 fully saturated rings. The summed E-state index contributed by atoms with van der Waals surface area (Å²) in [5.41, 5.74) is 2.54. The van der Waals surface area contributed by atoms with Crippen molar-refractivity contribution in [3.05, 3.63) is 11.6 Å². The van der Waals surface area contributed by atoms with Crippen LogP contribution in [-0.4, -0.2) is 12.1 Å². The van der Waals surface area contributed by atoms with Crippen molar-refractivity contribution < 1.29 is 9.53 Å². The highest BCUT2D eigenvalue weighted by molar-refractivity contribution is 5.66. The Bertz CT molecular complexity index is 791. The second kappa shape index (κ2) is 10.2. The molecule has 4 rings (SSSR count). The zero-order valence-electron chi connectivity index (χ0n) is 24.4. The van der Waals surface area contributed by atoms with Crippen LogP contribution in [0.1, 0.15) is 132 Å². The van der Waals surface area contributed by atoms with Crippen LogP contribution in [0, 0.1) is 51.8 Å². The molecule has 2 heteroatoms. The van der Waals surface area contributed by atoms with Gasteiger partial charge in [0.2, 0.25) is 0 Å². The Balaban J connectivity index is 1.58. The van der Waals surface area contributed by atoms with Gasteiger partial charge in [0, 0.05) is 12.3 Å². The molecule has 0 spiro atoms. The Morgan fingerprint density at radius 3 is 2.34 bits per heavy atom. The third kappa shape index (κ3) is 4.46. The summed E-state index contributed by atoms with van der Waals surface area (Å²) < 4.78 is 6.01. The molecular weight excluding hydrogens is 428 g/mol. The van der Waals surface area contributed by atoms with Crippen molar-refractivity contribution in [2.24, 2.45) is 51.8 Å². The molecule has 2 nitrogen and oxygen atoms in total. The molecule has 3 saturated carbocycles. The van der Waals surface area contributed by atoms with Gasteiger partial charge in [-0.3, -0.25) is 4.79 Å². The highest BCUT2D eigenvalue weighted by atomic mass is 16.5. The molecule has 35 heavy (non-hydrogen) atoms. The van der Waals surface area contributed by atoms with Crippen LogP contribution >= 0.6 is 0 Å². The molecule has 0 amide bonds. The lowest BCUT2D eigenvalue weighted by atomic mass is 9.43. The molecule has 0 unspecified atom stereocenters. The van der Waals surface area contributed by atoms with Crippen molar-refractivity contribution in [3.8, 4) is 0 Å². The van der Waals surface area contributed by atoms with Gasteiger partial charge in [0.05, 0.1) is 0 Å². The topological polar surface area (TPSA) is 26.3 Å². The number of allylic oxidation sites excluding steroid dienone is 1. The Hall–Kier alpha value is -0.790. The zero-order chi connectivity index (χ0) is 25.6. The summed E-state index contributed by atoms with van der Waals surface area (Å²) in [6, 6.07) is 0. The van der Waals surface area contributed by atoms with Crippen molar-refractivity contribution >= 4 is 5.97 Å². The van der Waals surface area contributed by atoms with Crippen LogP contribution < -0.4 is 0 Å². The quantitative estimate of drug-likeness (QED) is 0.253. The summed E-state index contributed by atoms with van der Waals surface area (Å²) >= 11 is 0. The van der Waals surface area contributed by atoms with E-state index in [1.807, 2.05) is 0 Å². The first-order chi connectivity index (χ1) is 16.5. The Labute approximate surface area is 217 Å². The first kappa shape index (κ1) is 27.3. The minimum atomic E-state index is -0.105. The van der Waals surface area contributed by atoms with Crippen molar-refractivity contribution in [3.63, 3.8) is 0 Å². The fourth-order valence-electron chi connectivity index (χ4n) is 10.5. The van der Waals surface area contributed by atoms with Crippen molar-refractivity contribution in [1.29, 1.82) is 0 Å². The number of rotatable bonds is 8. The largest absolute Gasteiger partial charge is 0.462 e. The van der Waals surface area contributed by atoms with E-state index in [4.69, 9.17) is 4.74 Å². The van der Waals surface area contributed by atoms with Crippen molar-refractivity contribution in [2.45, 2.75) is 139 Å². The lowest BCUT2D eigenvalue weighted by Gasteiger charge is -2.62. The van der Waals surface area contributed by atoms with E-state index in [0.29, 0.717) is 5.41 Å². The van der Waals surface area contributed by atoms with Crippen molar-refractivity contribution in [1.82, 2.24) is 0 Å². The molecular formula is C33H56O2. The molecule has 0 aromatic rings. The lowest BCUT2D eigenvalue weighted by molar-refractivity contribution is -0.160. The van der Waals surface area contributed by atoms with Crippen LogP contribution in [0.15, 0.2) is 11.6 Å². The number of carbonyl (C=O) groups excluding carboxylic acids is 1. The minimum absolute atomic E-state index is 0.0352. The molecule has 0 N–H and O–H groups in total. The van der Waals surface area contributed by atoms with Gasteiger partial charge < -0.3 is 4.74 Å². The third-order valence-corrected chi connectivity index (χ3v) is 12.3. The Morgan fingerprint density at radius 2 is 1.71 bits per heavy atom. The van der Waals surface area contributed by atoms with E-state index in [9.17, 15) is 4.79 Å². The van der Waals surface area contributed by atoms with Gasteiger partial charge in [-0.1, -0.05) is 79.4 Å². The minimum Gasteiger partial charge on any atom is -0.462 e. The molecule has 4 aliphatic carbocycles. The maximum atomic E-state index is 12.0. The van der Waals surface area contributed by atoms with Crippen LogP contribution in [-0.2, 0) is 9.53 Å². The Morgan fingerprint density at radius 1 is 1.00 bits per heavy atom. The summed E-state index contributed by atoms with van der Waals surface area (Å²) in [4.78, 5) is 12.0. The molecule has 0 radical (unpaired) electrons. The molecule has 0 saturated heterocycles. The number of carbonyl (C=O) groups is 1. The van der Waals surface area contributed by atoms with E-state index in [0.717, 1.165) is 54.8 Å². The molecule has 0 heterocycles. The number of hydrogen-bond donors (Lipinski definition) is 0. The maximum Gasteiger partial charge on any atom is 0.302 e. The monoisotopic (exact) mass is 484 g/mol. The molecule has 4 aliphatic rings. The fraction of sp³-hybridized carbons (Fsp3) is 0.909. The third-order valence-electron chi connectivity index (χ3n) is 12.3. The maximum absolute atomic E-state index is 12.0. The van der Waals surface area contributed by atoms with E-state index in [-0.39, 0.29) is 22.9 Å². The first-order valence-electron chi connectivity index (χ1n) is 15.4. The van der Waals surface area contributed by atoms with Gasteiger partial charge in [0.25, 0.3) is 0 Å². The molecule has 200 valence electrons. The number of hydrogen-bond acceptors (Lipinski definition) is 2. The standard InChI is InChI=1S/C33H56O2/c1-9-33(10-2)29-17-14-25-27-16-15-26(23(5)13-11-12-22(3)4)31(27,7)20-18-28(25)32(29,8)21-19-30(33)35-24(6)34/h17,22-23,25-28,30H,9-16,18-21H2,1-8H3/t23-,25-,26+,27-,28-,30+,31+,32+/m0/s1. The van der Waals surface area contributed by atoms with E-state index in [1.54, 1.807) is 12.5 Å². The molecule has 0 aliphatic heterocycles. The smallest absolute Gasteiger partial charge is 0.302 e. The molecule has 8 atom stereocenters. The highest BCUT2D eigenvalue weighted by Gasteiger charge is 2.62. The predicted octanol–water partition coefficient (Wildman–Crippen LogP) is 9.38. The average molecular weight is 485 g/mol. The van der Waals surface area contributed by atoms with Gasteiger partial charge in [-0.25, -0.2) is 0 Å². The first-order valence-corrected chi connectivity index (χ1v) is 15.4. The summed E-state index contributed by atoms with van der Waals surface area (Å²) in [5, 5.41) is 0. The van der Waals surface area contributed by atoms with E-state index in [2.05, 4.69) is 54.5 Å². The molecule has 0 aromatic carbocycles. The second-order valence-corrected chi connectivity index (χ2v) is 14.2. The average Bonchev–Trinajstić information content (AvgIpc) is 3.16. The number of esters is 1. The predicted molar refractivity (Wildman–Crippen MR) is 147 cm³/mol. The van der Waals surface area contributed by atoms with Gasteiger partial charge in [0.1, 0.15) is 6.10 Å². The van der Waals surface area contributed by atoms with E-state index in [1.165, 1.54) is 57.8 Å². The van der Waals surface area contributed by atoms with Crippen LogP contribution in [0.5, 0.6) is 0 Å².